The average molecular weight is 347 g/mol. The van der Waals surface area contributed by atoms with Crippen LogP contribution >= 0.6 is 11.6 Å². The van der Waals surface area contributed by atoms with Crippen molar-refractivity contribution in [3.05, 3.63) is 63.2 Å². The van der Waals surface area contributed by atoms with Crippen LogP contribution in [0.3, 0.4) is 0 Å². The lowest BCUT2D eigenvalue weighted by Gasteiger charge is -2.36. The number of nitrogen functional groups attached to an aromatic ring is 1. The van der Waals surface area contributed by atoms with E-state index in [1.165, 1.54) is 11.6 Å². The van der Waals surface area contributed by atoms with Gasteiger partial charge in [-0.05, 0) is 11.6 Å². The lowest BCUT2D eigenvalue weighted by molar-refractivity contribution is -0.383. The Hall–Kier alpha value is -2.31. The van der Waals surface area contributed by atoms with Gasteiger partial charge in [0.1, 0.15) is 5.69 Å². The zero-order valence-electron chi connectivity index (χ0n) is 13.2. The minimum Gasteiger partial charge on any atom is -0.393 e. The molecule has 1 fully saturated rings. The lowest BCUT2D eigenvalue weighted by atomic mass is 10.1. The molecule has 6 nitrogen and oxygen atoms in total. The van der Waals surface area contributed by atoms with Crippen molar-refractivity contribution in [3.63, 3.8) is 0 Å². The molecule has 2 aromatic carbocycles. The van der Waals surface area contributed by atoms with Crippen LogP contribution in [-0.4, -0.2) is 36.0 Å². The summed E-state index contributed by atoms with van der Waals surface area (Å²) in [5, 5.41) is 11.3. The fourth-order valence-electron chi connectivity index (χ4n) is 2.96. The molecule has 0 saturated carbocycles. The Morgan fingerprint density at radius 2 is 1.79 bits per heavy atom. The van der Waals surface area contributed by atoms with Gasteiger partial charge in [-0.1, -0.05) is 41.9 Å². The Balaban J connectivity index is 1.66. The van der Waals surface area contributed by atoms with Crippen molar-refractivity contribution < 1.29 is 4.92 Å². The van der Waals surface area contributed by atoms with Crippen LogP contribution in [0.4, 0.5) is 17.1 Å². The van der Waals surface area contributed by atoms with Crippen LogP contribution in [0.15, 0.2) is 42.5 Å². The lowest BCUT2D eigenvalue weighted by Crippen LogP contribution is -2.46. The Morgan fingerprint density at radius 3 is 2.42 bits per heavy atom. The number of hydrogen-bond donors (Lipinski definition) is 1. The van der Waals surface area contributed by atoms with E-state index >= 15 is 0 Å². The van der Waals surface area contributed by atoms with Crippen molar-refractivity contribution in [2.24, 2.45) is 0 Å². The summed E-state index contributed by atoms with van der Waals surface area (Å²) >= 11 is 6.23. The molecule has 2 aromatic rings. The monoisotopic (exact) mass is 346 g/mol. The molecular weight excluding hydrogens is 328 g/mol. The molecule has 1 heterocycles. The van der Waals surface area contributed by atoms with E-state index in [0.717, 1.165) is 38.4 Å². The second kappa shape index (κ2) is 7.07. The van der Waals surface area contributed by atoms with E-state index in [4.69, 9.17) is 17.3 Å². The third kappa shape index (κ3) is 3.60. The molecule has 0 unspecified atom stereocenters. The number of halogens is 1. The zero-order chi connectivity index (χ0) is 17.1. The van der Waals surface area contributed by atoms with Gasteiger partial charge in [0.05, 0.1) is 15.6 Å². The molecule has 0 atom stereocenters. The van der Waals surface area contributed by atoms with Gasteiger partial charge in [-0.3, -0.25) is 15.0 Å². The van der Waals surface area contributed by atoms with Gasteiger partial charge in [-0.25, -0.2) is 0 Å². The minimum absolute atomic E-state index is 0.145. The van der Waals surface area contributed by atoms with Crippen LogP contribution < -0.4 is 10.6 Å². The first-order valence-electron chi connectivity index (χ1n) is 7.79. The van der Waals surface area contributed by atoms with Gasteiger partial charge in [0.15, 0.2) is 0 Å². The van der Waals surface area contributed by atoms with E-state index in [9.17, 15) is 10.1 Å². The van der Waals surface area contributed by atoms with Crippen LogP contribution in [0.5, 0.6) is 0 Å². The Morgan fingerprint density at radius 1 is 1.12 bits per heavy atom. The normalized spacial score (nSPS) is 15.5. The van der Waals surface area contributed by atoms with E-state index < -0.39 is 4.92 Å². The summed E-state index contributed by atoms with van der Waals surface area (Å²) in [4.78, 5) is 14.9. The highest BCUT2D eigenvalue weighted by Crippen LogP contribution is 2.35. The quantitative estimate of drug-likeness (QED) is 0.523. The molecule has 126 valence electrons. The van der Waals surface area contributed by atoms with E-state index in [2.05, 4.69) is 21.9 Å². The van der Waals surface area contributed by atoms with Crippen LogP contribution in [0, 0.1) is 10.1 Å². The van der Waals surface area contributed by atoms with Gasteiger partial charge < -0.3 is 10.6 Å². The van der Waals surface area contributed by atoms with Gasteiger partial charge in [0.25, 0.3) is 5.69 Å². The fraction of sp³-hybridized carbons (Fsp3) is 0.294. The molecule has 0 spiro atoms. The van der Waals surface area contributed by atoms with Crippen LogP contribution in [-0.2, 0) is 6.54 Å². The highest BCUT2D eigenvalue weighted by molar-refractivity contribution is 6.33. The molecule has 0 aliphatic carbocycles. The summed E-state index contributed by atoms with van der Waals surface area (Å²) in [6.07, 6.45) is 0. The third-order valence-electron chi connectivity index (χ3n) is 4.25. The summed E-state index contributed by atoms with van der Waals surface area (Å²) in [5.74, 6) is 0. The van der Waals surface area contributed by atoms with Crippen molar-refractivity contribution in [2.45, 2.75) is 6.54 Å². The van der Waals surface area contributed by atoms with Crippen LogP contribution in [0.25, 0.3) is 0 Å². The smallest absolute Gasteiger partial charge is 0.293 e. The standard InChI is InChI=1S/C17H19ClN4O2/c18-14-10-17(22(23)24)15(19)11-16(14)21-8-6-20(7-9-21)12-13-4-2-1-3-5-13/h1-5,10-11H,6-9,12,19H2. The second-order valence-corrected chi connectivity index (χ2v) is 6.28. The van der Waals surface area contributed by atoms with Gasteiger partial charge in [0, 0.05) is 38.8 Å². The topological polar surface area (TPSA) is 75.6 Å². The second-order valence-electron chi connectivity index (χ2n) is 5.87. The number of nitro groups is 1. The molecule has 1 saturated heterocycles. The maximum absolute atomic E-state index is 10.9. The number of nitrogens with zero attached hydrogens (tertiary/aromatic N) is 3. The van der Waals surface area contributed by atoms with Gasteiger partial charge in [0.2, 0.25) is 0 Å². The largest absolute Gasteiger partial charge is 0.393 e. The van der Waals surface area contributed by atoms with Crippen molar-refractivity contribution in [1.29, 1.82) is 0 Å². The summed E-state index contributed by atoms with van der Waals surface area (Å²) in [7, 11) is 0. The predicted octanol–water partition coefficient (Wildman–Crippen LogP) is 3.15. The molecule has 0 aromatic heterocycles. The first kappa shape index (κ1) is 16.5. The molecule has 7 heteroatoms. The zero-order valence-corrected chi connectivity index (χ0v) is 13.9. The van der Waals surface area contributed by atoms with Crippen molar-refractivity contribution in [1.82, 2.24) is 4.90 Å². The minimum atomic E-state index is -0.511. The maximum atomic E-state index is 10.9. The maximum Gasteiger partial charge on any atom is 0.293 e. The van der Waals surface area contributed by atoms with Crippen molar-refractivity contribution in [2.75, 3.05) is 36.8 Å². The molecule has 3 rings (SSSR count). The van der Waals surface area contributed by atoms with Crippen molar-refractivity contribution >= 4 is 28.7 Å². The molecule has 0 radical (unpaired) electrons. The van der Waals surface area contributed by atoms with Crippen LogP contribution in [0.2, 0.25) is 5.02 Å². The first-order valence-corrected chi connectivity index (χ1v) is 8.17. The molecule has 1 aliphatic rings. The van der Waals surface area contributed by atoms with Gasteiger partial charge >= 0.3 is 0 Å². The number of piperazine rings is 1. The molecule has 24 heavy (non-hydrogen) atoms. The van der Waals surface area contributed by atoms with Crippen LogP contribution in [0.1, 0.15) is 5.56 Å². The molecule has 2 N–H and O–H groups in total. The van der Waals surface area contributed by atoms with E-state index in [-0.39, 0.29) is 11.4 Å². The van der Waals surface area contributed by atoms with Gasteiger partial charge in [-0.15, -0.1) is 0 Å². The highest BCUT2D eigenvalue weighted by Gasteiger charge is 2.22. The Labute approximate surface area is 145 Å². The summed E-state index contributed by atoms with van der Waals surface area (Å²) in [6, 6.07) is 13.3. The number of anilines is 2. The molecule has 0 amide bonds. The highest BCUT2D eigenvalue weighted by atomic mass is 35.5. The SMILES string of the molecule is Nc1cc(N2CCN(Cc3ccccc3)CC2)c(Cl)cc1[N+](=O)[O-]. The Kier molecular flexibility index (Phi) is 4.87. The Bertz CT molecular complexity index is 731. The van der Waals surface area contributed by atoms with E-state index in [1.54, 1.807) is 6.07 Å². The number of rotatable bonds is 4. The van der Waals surface area contributed by atoms with Crippen molar-refractivity contribution in [3.8, 4) is 0 Å². The number of benzene rings is 2. The fourth-order valence-corrected chi connectivity index (χ4v) is 3.23. The van der Waals surface area contributed by atoms with E-state index in [0.29, 0.717) is 5.02 Å². The number of nitro benzene ring substituents is 1. The summed E-state index contributed by atoms with van der Waals surface area (Å²) in [5.41, 5.74) is 7.85. The number of nitrogens with two attached hydrogens (primary N) is 1. The summed E-state index contributed by atoms with van der Waals surface area (Å²) < 4.78 is 0. The average Bonchev–Trinajstić information content (AvgIpc) is 2.58. The van der Waals surface area contributed by atoms with E-state index in [1.807, 2.05) is 18.2 Å². The van der Waals surface area contributed by atoms with Gasteiger partial charge in [-0.2, -0.15) is 0 Å². The predicted molar refractivity (Wildman–Crippen MR) is 96.5 cm³/mol. The number of hydrogen-bond acceptors (Lipinski definition) is 5. The molecule has 0 bridgehead atoms. The molecule has 1 aliphatic heterocycles. The third-order valence-corrected chi connectivity index (χ3v) is 4.56. The summed E-state index contributed by atoms with van der Waals surface area (Å²) in [6.45, 7) is 4.35. The molecular formula is C17H19ClN4O2. The first-order chi connectivity index (χ1) is 11.5.